The lowest BCUT2D eigenvalue weighted by Crippen LogP contribution is -2.61. The molecule has 0 unspecified atom stereocenters. The van der Waals surface area contributed by atoms with Crippen LogP contribution < -0.4 is 10.6 Å². The molecule has 4 aromatic carbocycles. The van der Waals surface area contributed by atoms with Crippen molar-refractivity contribution in [2.45, 2.75) is 87.3 Å². The quantitative estimate of drug-likeness (QED) is 0.117. The highest BCUT2D eigenvalue weighted by Gasteiger charge is 2.51. The van der Waals surface area contributed by atoms with E-state index in [4.69, 9.17) is 9.47 Å². The van der Waals surface area contributed by atoms with E-state index in [1.54, 1.807) is 16.4 Å². The number of amides is 2. The van der Waals surface area contributed by atoms with E-state index in [1.165, 1.54) is 19.3 Å². The number of hydrogen-bond donors (Lipinski definition) is 3. The first kappa shape index (κ1) is 35.2. The molecule has 2 amide bonds. The van der Waals surface area contributed by atoms with Gasteiger partial charge < -0.3 is 25.2 Å². The van der Waals surface area contributed by atoms with Gasteiger partial charge >= 0.3 is 6.03 Å². The predicted molar refractivity (Wildman–Crippen MR) is 206 cm³/mol. The molecule has 278 valence electrons. The number of nitrogens with zero attached hydrogens (tertiary/aromatic N) is 4. The number of hydrogen-bond acceptors (Lipinski definition) is 8. The molecule has 1 saturated heterocycles. The van der Waals surface area contributed by atoms with E-state index < -0.39 is 6.29 Å². The molecule has 10 rings (SSSR count). The number of carbonyl (C=O) groups excluding carboxylic acids is 1. The van der Waals surface area contributed by atoms with Gasteiger partial charge in [0.2, 0.25) is 5.16 Å². The molecule has 3 N–H and O–H groups in total. The minimum absolute atomic E-state index is 0.00164. The van der Waals surface area contributed by atoms with Gasteiger partial charge in [-0.3, -0.25) is 0 Å². The minimum atomic E-state index is -0.575. The molecule has 4 aliphatic carbocycles. The maximum absolute atomic E-state index is 13.1. The molecular weight excluding hydrogens is 697 g/mol. The Bertz CT molecular complexity index is 2020. The maximum atomic E-state index is 13.1. The van der Waals surface area contributed by atoms with E-state index in [2.05, 4.69) is 68.6 Å². The Morgan fingerprint density at radius 2 is 1.52 bits per heavy atom. The van der Waals surface area contributed by atoms with E-state index in [9.17, 15) is 9.90 Å². The van der Waals surface area contributed by atoms with Gasteiger partial charge in [-0.25, -0.2) is 4.79 Å². The molecule has 0 radical (unpaired) electrons. The van der Waals surface area contributed by atoms with Gasteiger partial charge in [0.25, 0.3) is 0 Å². The summed E-state index contributed by atoms with van der Waals surface area (Å²) >= 11 is 1.56. The molecule has 4 bridgehead atoms. The zero-order valence-corrected chi connectivity index (χ0v) is 31.0. The lowest BCUT2D eigenvalue weighted by molar-refractivity contribution is -0.245. The van der Waals surface area contributed by atoms with Crippen molar-refractivity contribution in [3.05, 3.63) is 125 Å². The third-order valence-corrected chi connectivity index (χ3v) is 12.8. The fraction of sp³-hybridized carbons (Fsp3) is 0.395. The number of benzene rings is 4. The van der Waals surface area contributed by atoms with E-state index >= 15 is 0 Å². The van der Waals surface area contributed by atoms with Crippen LogP contribution in [0.5, 0.6) is 0 Å². The van der Waals surface area contributed by atoms with E-state index in [1.807, 2.05) is 60.7 Å². The molecule has 1 aromatic heterocycles. The third-order valence-electron chi connectivity index (χ3n) is 11.8. The van der Waals surface area contributed by atoms with Gasteiger partial charge in [0.15, 0.2) is 6.29 Å². The number of urea groups is 1. The molecular formula is C43H46N6O4S. The Hall–Kier alpha value is -4.55. The fourth-order valence-electron chi connectivity index (χ4n) is 9.62. The molecule has 3 atom stereocenters. The number of rotatable bonds is 11. The zero-order valence-electron chi connectivity index (χ0n) is 30.2. The average Bonchev–Trinajstić information content (AvgIpc) is 3.68. The van der Waals surface area contributed by atoms with Crippen LogP contribution in [0, 0.1) is 17.8 Å². The molecule has 54 heavy (non-hydrogen) atoms. The van der Waals surface area contributed by atoms with Gasteiger partial charge in [-0.1, -0.05) is 96.7 Å². The summed E-state index contributed by atoms with van der Waals surface area (Å²) in [5.41, 5.74) is 6.95. The van der Waals surface area contributed by atoms with Gasteiger partial charge in [-0.2, -0.15) is 4.68 Å². The summed E-state index contributed by atoms with van der Waals surface area (Å²) in [6.45, 7) is 0.474. The number of aliphatic hydroxyl groups excluding tert-OH is 1. The van der Waals surface area contributed by atoms with Crippen molar-refractivity contribution in [1.82, 2.24) is 30.8 Å². The summed E-state index contributed by atoms with van der Waals surface area (Å²) in [6, 6.07) is 34.4. The molecule has 10 nitrogen and oxygen atoms in total. The van der Waals surface area contributed by atoms with Gasteiger partial charge in [-0.15, -0.1) is 5.10 Å². The SMILES string of the molecule is O=C(NCc1cccc(-c2ccc([C@H]3O[C@@H](CSc4nnnn4-c4ccccc4)C[C@@H](c4ccc(CO)cc4)O3)cc2)c1)NC12CC3CC(CC(C3)C1)C2. The van der Waals surface area contributed by atoms with Crippen LogP contribution in [-0.2, 0) is 22.6 Å². The Kier molecular flexibility index (Phi) is 9.96. The van der Waals surface area contributed by atoms with E-state index in [0.29, 0.717) is 23.9 Å². The minimum Gasteiger partial charge on any atom is -0.392 e. The topological polar surface area (TPSA) is 123 Å². The van der Waals surface area contributed by atoms with Crippen LogP contribution in [0.4, 0.5) is 4.79 Å². The highest BCUT2D eigenvalue weighted by molar-refractivity contribution is 7.99. The van der Waals surface area contributed by atoms with E-state index in [0.717, 1.165) is 76.1 Å². The number of aliphatic hydroxyl groups is 1. The third kappa shape index (κ3) is 7.68. The summed E-state index contributed by atoms with van der Waals surface area (Å²) in [6.07, 6.45) is 7.25. The van der Waals surface area contributed by atoms with Gasteiger partial charge in [0.05, 0.1) is 24.5 Å². The number of ether oxygens (including phenoxy) is 2. The van der Waals surface area contributed by atoms with Crippen molar-refractivity contribution in [3.63, 3.8) is 0 Å². The largest absolute Gasteiger partial charge is 0.392 e. The Balaban J connectivity index is 0.865. The number of nitrogens with one attached hydrogen (secondary N) is 2. The van der Waals surface area contributed by atoms with Crippen molar-refractivity contribution < 1.29 is 19.4 Å². The first-order valence-corrected chi connectivity index (χ1v) is 20.2. The van der Waals surface area contributed by atoms with Crippen LogP contribution >= 0.6 is 11.8 Å². The molecule has 5 aliphatic rings. The second kappa shape index (κ2) is 15.3. The summed E-state index contributed by atoms with van der Waals surface area (Å²) in [5, 5.41) is 29.3. The summed E-state index contributed by atoms with van der Waals surface area (Å²) < 4.78 is 15.0. The predicted octanol–water partition coefficient (Wildman–Crippen LogP) is 7.93. The second-order valence-electron chi connectivity index (χ2n) is 15.7. The number of thioether (sulfide) groups is 1. The monoisotopic (exact) mass is 742 g/mol. The van der Waals surface area contributed by atoms with Crippen molar-refractivity contribution >= 4 is 17.8 Å². The first-order valence-electron chi connectivity index (χ1n) is 19.2. The number of carbonyl (C=O) groups is 1. The normalized spacial score (nSPS) is 27.1. The van der Waals surface area contributed by atoms with Crippen LogP contribution in [0.15, 0.2) is 108 Å². The molecule has 5 aromatic rings. The van der Waals surface area contributed by atoms with Crippen LogP contribution in [0.25, 0.3) is 16.8 Å². The lowest BCUT2D eigenvalue weighted by atomic mass is 9.53. The summed E-state index contributed by atoms with van der Waals surface area (Å²) in [5.74, 6) is 3.01. The Morgan fingerprint density at radius 3 is 2.24 bits per heavy atom. The molecule has 4 saturated carbocycles. The number of tetrazole rings is 1. The Morgan fingerprint density at radius 1 is 0.796 bits per heavy atom. The Labute approximate surface area is 320 Å². The van der Waals surface area contributed by atoms with Gasteiger partial charge in [0, 0.05) is 29.8 Å². The number of aromatic nitrogens is 4. The van der Waals surface area contributed by atoms with E-state index in [-0.39, 0.29) is 30.4 Å². The molecule has 1 aliphatic heterocycles. The highest BCUT2D eigenvalue weighted by atomic mass is 32.2. The standard InChI is InChI=1S/C43H46N6O4S/c50-26-28-9-11-34(12-10-28)39-21-38(27-54-42-46-47-48-49(42)37-7-2-1-3-8-37)52-40(53-39)35-15-13-33(14-16-35)36-6-4-5-29(20-36)25-44-41(51)45-43-22-30-17-31(23-43)19-32(18-30)24-43/h1-16,20,30-32,38-40,50H,17-19,21-27H2,(H2,44,45,51)/t30?,31?,32?,38-,39+,40+,43?/m1/s1. The van der Waals surface area contributed by atoms with Crippen molar-refractivity contribution in [3.8, 4) is 16.8 Å². The van der Waals surface area contributed by atoms with Crippen LogP contribution in [0.3, 0.4) is 0 Å². The fourth-order valence-corrected chi connectivity index (χ4v) is 10.5. The smallest absolute Gasteiger partial charge is 0.315 e. The second-order valence-corrected chi connectivity index (χ2v) is 16.7. The maximum Gasteiger partial charge on any atom is 0.315 e. The van der Waals surface area contributed by atoms with Gasteiger partial charge in [0.1, 0.15) is 0 Å². The van der Waals surface area contributed by atoms with Crippen LogP contribution in [0.2, 0.25) is 0 Å². The van der Waals surface area contributed by atoms with Gasteiger partial charge in [-0.05, 0) is 113 Å². The van der Waals surface area contributed by atoms with Crippen molar-refractivity contribution in [2.75, 3.05) is 5.75 Å². The number of para-hydroxylation sites is 1. The van der Waals surface area contributed by atoms with Crippen LogP contribution in [-0.4, -0.2) is 48.7 Å². The average molecular weight is 743 g/mol. The molecule has 5 fully saturated rings. The summed E-state index contributed by atoms with van der Waals surface area (Å²) in [7, 11) is 0. The van der Waals surface area contributed by atoms with Crippen molar-refractivity contribution in [1.29, 1.82) is 0 Å². The first-order chi connectivity index (χ1) is 26.5. The highest BCUT2D eigenvalue weighted by Crippen LogP contribution is 2.55. The van der Waals surface area contributed by atoms with Crippen LogP contribution in [0.1, 0.15) is 79.6 Å². The van der Waals surface area contributed by atoms with Crippen molar-refractivity contribution in [2.24, 2.45) is 17.8 Å². The molecule has 11 heteroatoms. The molecule has 2 heterocycles. The summed E-state index contributed by atoms with van der Waals surface area (Å²) in [4.78, 5) is 13.1. The lowest BCUT2D eigenvalue weighted by Gasteiger charge is -2.56. The zero-order chi connectivity index (χ0) is 36.5. The molecule has 0 spiro atoms.